The predicted molar refractivity (Wildman–Crippen MR) is 122 cm³/mol. The summed E-state index contributed by atoms with van der Waals surface area (Å²) in [6.07, 6.45) is 0. The molecule has 0 radical (unpaired) electrons. The molecule has 0 atom stereocenters. The Morgan fingerprint density at radius 2 is 1.61 bits per heavy atom. The highest BCUT2D eigenvalue weighted by atomic mass is 79.9. The van der Waals surface area contributed by atoms with Gasteiger partial charge in [-0.15, -0.1) is 0 Å². The third-order valence-corrected chi connectivity index (χ3v) is 5.79. The molecular formula is C24H26BrN3. The van der Waals surface area contributed by atoms with Crippen molar-refractivity contribution < 1.29 is 0 Å². The Hall–Kier alpha value is -2.14. The van der Waals surface area contributed by atoms with Crippen molar-refractivity contribution in [3.05, 3.63) is 82.3 Å². The summed E-state index contributed by atoms with van der Waals surface area (Å²) >= 11 is 3.57. The van der Waals surface area contributed by atoms with Gasteiger partial charge in [0, 0.05) is 59.0 Å². The molecule has 0 bridgehead atoms. The standard InChI is InChI=1S/C24H26BrN3/c1-2-28-23-9-4-3-8-21(23)22-15-19(10-11-24(22)28)17-27(13-12-26)16-18-6-5-7-20(25)14-18/h3-11,14-15H,2,12-13,16-17,26H2,1H3. The van der Waals surface area contributed by atoms with Crippen LogP contribution in [0, 0.1) is 0 Å². The highest BCUT2D eigenvalue weighted by Gasteiger charge is 2.12. The van der Waals surface area contributed by atoms with Crippen molar-refractivity contribution in [1.29, 1.82) is 0 Å². The minimum absolute atomic E-state index is 0.658. The topological polar surface area (TPSA) is 34.2 Å². The van der Waals surface area contributed by atoms with Crippen LogP contribution in [0.2, 0.25) is 0 Å². The number of nitrogens with two attached hydrogens (primary N) is 1. The molecule has 2 N–H and O–H groups in total. The van der Waals surface area contributed by atoms with Gasteiger partial charge in [-0.25, -0.2) is 0 Å². The second-order valence-corrected chi connectivity index (χ2v) is 8.16. The number of aromatic nitrogens is 1. The summed E-state index contributed by atoms with van der Waals surface area (Å²) in [5, 5.41) is 2.67. The van der Waals surface area contributed by atoms with Crippen molar-refractivity contribution >= 4 is 37.7 Å². The molecule has 4 heteroatoms. The van der Waals surface area contributed by atoms with Crippen molar-refractivity contribution in [3.8, 4) is 0 Å². The zero-order chi connectivity index (χ0) is 19.5. The zero-order valence-electron chi connectivity index (χ0n) is 16.2. The molecule has 0 unspecified atom stereocenters. The van der Waals surface area contributed by atoms with Crippen LogP contribution in [0.3, 0.4) is 0 Å². The average molecular weight is 436 g/mol. The van der Waals surface area contributed by atoms with Gasteiger partial charge in [0.1, 0.15) is 0 Å². The van der Waals surface area contributed by atoms with E-state index in [0.29, 0.717) is 6.54 Å². The number of nitrogens with zero attached hydrogens (tertiary/aromatic N) is 2. The minimum Gasteiger partial charge on any atom is -0.341 e. The van der Waals surface area contributed by atoms with Crippen molar-refractivity contribution in [2.75, 3.05) is 13.1 Å². The lowest BCUT2D eigenvalue weighted by atomic mass is 10.1. The predicted octanol–water partition coefficient (Wildman–Crippen LogP) is 5.54. The van der Waals surface area contributed by atoms with E-state index in [2.05, 4.69) is 99.1 Å². The summed E-state index contributed by atoms with van der Waals surface area (Å²) in [5.74, 6) is 0. The Kier molecular flexibility index (Phi) is 5.81. The maximum Gasteiger partial charge on any atom is 0.0491 e. The first kappa shape index (κ1) is 19.2. The number of benzene rings is 3. The van der Waals surface area contributed by atoms with Crippen LogP contribution < -0.4 is 5.73 Å². The third-order valence-electron chi connectivity index (χ3n) is 5.30. The van der Waals surface area contributed by atoms with Gasteiger partial charge in [0.2, 0.25) is 0 Å². The monoisotopic (exact) mass is 435 g/mol. The van der Waals surface area contributed by atoms with Crippen molar-refractivity contribution in [3.63, 3.8) is 0 Å². The zero-order valence-corrected chi connectivity index (χ0v) is 17.8. The van der Waals surface area contributed by atoms with Crippen molar-refractivity contribution in [2.45, 2.75) is 26.6 Å². The van der Waals surface area contributed by atoms with Gasteiger partial charge in [-0.3, -0.25) is 4.90 Å². The van der Waals surface area contributed by atoms with Crippen molar-refractivity contribution in [1.82, 2.24) is 9.47 Å². The number of fused-ring (bicyclic) bond motifs is 3. The number of hydrogen-bond acceptors (Lipinski definition) is 2. The molecule has 0 aliphatic carbocycles. The van der Waals surface area contributed by atoms with Gasteiger partial charge in [-0.2, -0.15) is 0 Å². The van der Waals surface area contributed by atoms with Crippen LogP contribution in [0.1, 0.15) is 18.1 Å². The minimum atomic E-state index is 0.658. The molecule has 1 heterocycles. The lowest BCUT2D eigenvalue weighted by molar-refractivity contribution is 0.264. The van der Waals surface area contributed by atoms with E-state index in [1.165, 1.54) is 32.9 Å². The number of aryl methyl sites for hydroxylation is 1. The molecule has 0 aliphatic rings. The van der Waals surface area contributed by atoms with Crippen LogP contribution >= 0.6 is 15.9 Å². The fraction of sp³-hybridized carbons (Fsp3) is 0.250. The number of para-hydroxylation sites is 1. The van der Waals surface area contributed by atoms with E-state index in [0.717, 1.165) is 30.7 Å². The van der Waals surface area contributed by atoms with Gasteiger partial charge in [-0.05, 0) is 48.4 Å². The highest BCUT2D eigenvalue weighted by Crippen LogP contribution is 2.30. The number of hydrogen-bond donors (Lipinski definition) is 1. The second-order valence-electron chi connectivity index (χ2n) is 7.24. The summed E-state index contributed by atoms with van der Waals surface area (Å²) in [5.41, 5.74) is 11.1. The molecular weight excluding hydrogens is 410 g/mol. The maximum atomic E-state index is 5.90. The molecule has 144 valence electrons. The van der Waals surface area contributed by atoms with Gasteiger partial charge in [0.15, 0.2) is 0 Å². The Bertz CT molecular complexity index is 1100. The van der Waals surface area contributed by atoms with E-state index in [1.807, 2.05) is 0 Å². The third kappa shape index (κ3) is 3.86. The van der Waals surface area contributed by atoms with Gasteiger partial charge in [0.25, 0.3) is 0 Å². The normalized spacial score (nSPS) is 11.7. The Morgan fingerprint density at radius 1 is 0.857 bits per heavy atom. The molecule has 4 rings (SSSR count). The first-order valence-corrected chi connectivity index (χ1v) is 10.7. The second kappa shape index (κ2) is 8.48. The summed E-state index contributed by atoms with van der Waals surface area (Å²) in [6.45, 7) is 6.51. The number of rotatable bonds is 7. The van der Waals surface area contributed by atoms with E-state index in [4.69, 9.17) is 5.73 Å². The molecule has 0 amide bonds. The van der Waals surface area contributed by atoms with E-state index >= 15 is 0 Å². The average Bonchev–Trinajstić information content (AvgIpc) is 3.01. The fourth-order valence-electron chi connectivity index (χ4n) is 4.09. The lowest BCUT2D eigenvalue weighted by Crippen LogP contribution is -2.28. The summed E-state index contributed by atoms with van der Waals surface area (Å²) in [4.78, 5) is 2.42. The molecule has 3 aromatic carbocycles. The largest absolute Gasteiger partial charge is 0.341 e. The molecule has 0 saturated carbocycles. The van der Waals surface area contributed by atoms with Gasteiger partial charge in [-0.1, -0.05) is 52.3 Å². The van der Waals surface area contributed by atoms with Gasteiger partial charge < -0.3 is 10.3 Å². The molecule has 0 aliphatic heterocycles. The Morgan fingerprint density at radius 3 is 2.36 bits per heavy atom. The maximum absolute atomic E-state index is 5.90. The molecule has 0 fully saturated rings. The van der Waals surface area contributed by atoms with E-state index in [9.17, 15) is 0 Å². The van der Waals surface area contributed by atoms with Gasteiger partial charge in [0.05, 0.1) is 0 Å². The quantitative estimate of drug-likeness (QED) is 0.413. The lowest BCUT2D eigenvalue weighted by Gasteiger charge is -2.22. The van der Waals surface area contributed by atoms with E-state index in [-0.39, 0.29) is 0 Å². The smallest absolute Gasteiger partial charge is 0.0491 e. The highest BCUT2D eigenvalue weighted by molar-refractivity contribution is 9.10. The Balaban J connectivity index is 1.66. The van der Waals surface area contributed by atoms with E-state index < -0.39 is 0 Å². The van der Waals surface area contributed by atoms with Crippen LogP contribution in [-0.2, 0) is 19.6 Å². The first-order chi connectivity index (χ1) is 13.7. The van der Waals surface area contributed by atoms with E-state index in [1.54, 1.807) is 0 Å². The first-order valence-electron chi connectivity index (χ1n) is 9.86. The SMILES string of the molecule is CCn1c2ccccc2c2cc(CN(CCN)Cc3cccc(Br)c3)ccc21. The van der Waals surface area contributed by atoms with Crippen molar-refractivity contribution in [2.24, 2.45) is 5.73 Å². The van der Waals surface area contributed by atoms with Crippen LogP contribution in [-0.4, -0.2) is 22.6 Å². The molecule has 4 aromatic rings. The summed E-state index contributed by atoms with van der Waals surface area (Å²) < 4.78 is 3.51. The summed E-state index contributed by atoms with van der Waals surface area (Å²) in [6, 6.07) is 24.1. The molecule has 1 aromatic heterocycles. The molecule has 3 nitrogen and oxygen atoms in total. The molecule has 0 spiro atoms. The van der Waals surface area contributed by atoms with Crippen LogP contribution in [0.4, 0.5) is 0 Å². The molecule has 0 saturated heterocycles. The number of halogens is 1. The van der Waals surface area contributed by atoms with Gasteiger partial charge >= 0.3 is 0 Å². The fourth-order valence-corrected chi connectivity index (χ4v) is 4.53. The van der Waals surface area contributed by atoms with Crippen LogP contribution in [0.15, 0.2) is 71.2 Å². The Labute approximate surface area is 174 Å². The van der Waals surface area contributed by atoms with Crippen LogP contribution in [0.5, 0.6) is 0 Å². The summed E-state index contributed by atoms with van der Waals surface area (Å²) in [7, 11) is 0. The molecule has 28 heavy (non-hydrogen) atoms. The van der Waals surface area contributed by atoms with Crippen LogP contribution in [0.25, 0.3) is 21.8 Å².